The molecule has 0 aliphatic carbocycles. The highest BCUT2D eigenvalue weighted by molar-refractivity contribution is 4.79. The third-order valence-corrected chi connectivity index (χ3v) is 3.16. The molecular formula is C12H26N2O. The summed E-state index contributed by atoms with van der Waals surface area (Å²) in [6.45, 7) is 5.96. The molecule has 3 nitrogen and oxygen atoms in total. The van der Waals surface area contributed by atoms with E-state index in [9.17, 15) is 0 Å². The lowest BCUT2D eigenvalue weighted by atomic mass is 10.1. The highest BCUT2D eigenvalue weighted by atomic mass is 16.2. The summed E-state index contributed by atoms with van der Waals surface area (Å²) in [5.41, 5.74) is 0. The molecule has 3 atom stereocenters. The lowest BCUT2D eigenvalue weighted by molar-refractivity contribution is 0.272. The quantitative estimate of drug-likeness (QED) is 0.598. The molecule has 3 unspecified atom stereocenters. The van der Waals surface area contributed by atoms with E-state index in [-0.39, 0.29) is 0 Å². The van der Waals surface area contributed by atoms with E-state index in [1.165, 1.54) is 25.8 Å². The van der Waals surface area contributed by atoms with Crippen LogP contribution in [0, 0.1) is 0 Å². The van der Waals surface area contributed by atoms with E-state index in [0.29, 0.717) is 18.7 Å². The second kappa shape index (κ2) is 7.20. The zero-order valence-electron chi connectivity index (χ0n) is 10.1. The molecule has 0 radical (unpaired) electrons. The summed E-state index contributed by atoms with van der Waals surface area (Å²) in [4.78, 5) is 0. The number of rotatable bonds is 7. The van der Waals surface area contributed by atoms with Crippen LogP contribution in [-0.4, -0.2) is 36.4 Å². The molecule has 0 aromatic rings. The van der Waals surface area contributed by atoms with E-state index >= 15 is 0 Å². The molecule has 0 bridgehead atoms. The summed E-state index contributed by atoms with van der Waals surface area (Å²) in [5.74, 6) is 0. The van der Waals surface area contributed by atoms with Crippen molar-refractivity contribution in [1.29, 1.82) is 0 Å². The summed E-state index contributed by atoms with van der Waals surface area (Å²) >= 11 is 0. The van der Waals surface area contributed by atoms with Crippen LogP contribution in [0.25, 0.3) is 0 Å². The van der Waals surface area contributed by atoms with Gasteiger partial charge in [-0.1, -0.05) is 0 Å². The van der Waals surface area contributed by atoms with Crippen LogP contribution in [0.4, 0.5) is 0 Å². The van der Waals surface area contributed by atoms with Gasteiger partial charge in [0.25, 0.3) is 0 Å². The van der Waals surface area contributed by atoms with Crippen LogP contribution in [0.1, 0.15) is 46.0 Å². The first-order valence-electron chi connectivity index (χ1n) is 6.32. The highest BCUT2D eigenvalue weighted by Gasteiger charge is 2.17. The van der Waals surface area contributed by atoms with Crippen molar-refractivity contribution in [3.05, 3.63) is 0 Å². The van der Waals surface area contributed by atoms with Crippen molar-refractivity contribution in [2.75, 3.05) is 13.2 Å². The second-order valence-corrected chi connectivity index (χ2v) is 4.86. The van der Waals surface area contributed by atoms with Crippen molar-refractivity contribution < 1.29 is 5.11 Å². The van der Waals surface area contributed by atoms with Gasteiger partial charge in [0.05, 0.1) is 0 Å². The van der Waals surface area contributed by atoms with Gasteiger partial charge in [0.2, 0.25) is 0 Å². The molecule has 1 fully saturated rings. The van der Waals surface area contributed by atoms with Crippen molar-refractivity contribution in [1.82, 2.24) is 10.6 Å². The third-order valence-electron chi connectivity index (χ3n) is 3.16. The van der Waals surface area contributed by atoms with Gasteiger partial charge in [0.1, 0.15) is 0 Å². The molecule has 1 heterocycles. The van der Waals surface area contributed by atoms with E-state index in [1.807, 2.05) is 0 Å². The molecule has 0 spiro atoms. The minimum absolute atomic E-state index is 0.310. The molecule has 1 saturated heterocycles. The summed E-state index contributed by atoms with van der Waals surface area (Å²) in [6, 6.07) is 1.82. The van der Waals surface area contributed by atoms with Crippen molar-refractivity contribution in [2.45, 2.75) is 64.1 Å². The zero-order chi connectivity index (χ0) is 11.1. The van der Waals surface area contributed by atoms with Gasteiger partial charge in [-0.25, -0.2) is 0 Å². The first kappa shape index (κ1) is 12.9. The Morgan fingerprint density at radius 3 is 2.80 bits per heavy atom. The van der Waals surface area contributed by atoms with Crippen LogP contribution in [0.15, 0.2) is 0 Å². The predicted octanol–water partition coefficient (Wildman–Crippen LogP) is 1.27. The Bertz CT molecular complexity index is 158. The van der Waals surface area contributed by atoms with Crippen molar-refractivity contribution >= 4 is 0 Å². The number of nitrogens with one attached hydrogen (secondary N) is 2. The largest absolute Gasteiger partial charge is 0.396 e. The Kier molecular flexibility index (Phi) is 6.22. The van der Waals surface area contributed by atoms with Crippen LogP contribution in [0.5, 0.6) is 0 Å². The molecule has 0 aromatic heterocycles. The molecule has 1 aliphatic heterocycles. The average Bonchev–Trinajstić information content (AvgIpc) is 2.67. The zero-order valence-corrected chi connectivity index (χ0v) is 10.1. The molecule has 0 saturated carbocycles. The standard InChI is InChI=1S/C12H26N2O/c1-10(5-4-8-15)14-11(2)9-12-6-3-7-13-12/h10-15H,3-9H2,1-2H3. The normalized spacial score (nSPS) is 25.4. The number of aliphatic hydroxyl groups is 1. The van der Waals surface area contributed by atoms with Crippen LogP contribution < -0.4 is 10.6 Å². The van der Waals surface area contributed by atoms with Crippen LogP contribution in [0.3, 0.4) is 0 Å². The van der Waals surface area contributed by atoms with Crippen LogP contribution in [-0.2, 0) is 0 Å². The van der Waals surface area contributed by atoms with Gasteiger partial charge >= 0.3 is 0 Å². The Morgan fingerprint density at radius 2 is 2.20 bits per heavy atom. The minimum atomic E-state index is 0.310. The summed E-state index contributed by atoms with van der Waals surface area (Å²) in [6.07, 6.45) is 5.86. The maximum absolute atomic E-state index is 8.74. The van der Waals surface area contributed by atoms with E-state index < -0.39 is 0 Å². The summed E-state index contributed by atoms with van der Waals surface area (Å²) < 4.78 is 0. The number of hydrogen-bond acceptors (Lipinski definition) is 3. The van der Waals surface area contributed by atoms with E-state index in [1.54, 1.807) is 0 Å². The highest BCUT2D eigenvalue weighted by Crippen LogP contribution is 2.11. The smallest absolute Gasteiger partial charge is 0.0431 e. The van der Waals surface area contributed by atoms with Crippen molar-refractivity contribution in [3.8, 4) is 0 Å². The fourth-order valence-corrected chi connectivity index (χ4v) is 2.42. The average molecular weight is 214 g/mol. The summed E-state index contributed by atoms with van der Waals surface area (Å²) in [7, 11) is 0. The molecule has 0 aromatic carbocycles. The van der Waals surface area contributed by atoms with E-state index in [2.05, 4.69) is 24.5 Å². The molecule has 3 N–H and O–H groups in total. The lowest BCUT2D eigenvalue weighted by Gasteiger charge is -2.22. The maximum atomic E-state index is 8.74. The molecule has 1 rings (SSSR count). The molecular weight excluding hydrogens is 188 g/mol. The van der Waals surface area contributed by atoms with Gasteiger partial charge < -0.3 is 15.7 Å². The minimum Gasteiger partial charge on any atom is -0.396 e. The molecule has 1 aliphatic rings. The molecule has 15 heavy (non-hydrogen) atoms. The molecule has 3 heteroatoms. The SMILES string of the molecule is CC(CCCO)NC(C)CC1CCCN1. The fraction of sp³-hybridized carbons (Fsp3) is 1.00. The molecule has 90 valence electrons. The van der Waals surface area contributed by atoms with Crippen LogP contribution >= 0.6 is 0 Å². The molecule has 0 amide bonds. The Balaban J connectivity index is 2.08. The number of aliphatic hydroxyl groups excluding tert-OH is 1. The second-order valence-electron chi connectivity index (χ2n) is 4.86. The van der Waals surface area contributed by atoms with Gasteiger partial charge in [-0.05, 0) is 52.5 Å². The lowest BCUT2D eigenvalue weighted by Crippen LogP contribution is -2.38. The van der Waals surface area contributed by atoms with Gasteiger partial charge in [0, 0.05) is 24.7 Å². The summed E-state index contributed by atoms with van der Waals surface area (Å²) in [5, 5.41) is 15.9. The third kappa shape index (κ3) is 5.50. The fourth-order valence-electron chi connectivity index (χ4n) is 2.42. The maximum Gasteiger partial charge on any atom is 0.0431 e. The van der Waals surface area contributed by atoms with E-state index in [0.717, 1.165) is 18.9 Å². The Morgan fingerprint density at radius 1 is 1.40 bits per heavy atom. The first-order chi connectivity index (χ1) is 7.22. The number of hydrogen-bond donors (Lipinski definition) is 3. The predicted molar refractivity (Wildman–Crippen MR) is 64.0 cm³/mol. The van der Waals surface area contributed by atoms with Gasteiger partial charge in [-0.2, -0.15) is 0 Å². The van der Waals surface area contributed by atoms with Crippen molar-refractivity contribution in [2.24, 2.45) is 0 Å². The monoisotopic (exact) mass is 214 g/mol. The van der Waals surface area contributed by atoms with Crippen LogP contribution in [0.2, 0.25) is 0 Å². The van der Waals surface area contributed by atoms with Gasteiger partial charge in [-0.3, -0.25) is 0 Å². The topological polar surface area (TPSA) is 44.3 Å². The Labute approximate surface area is 93.6 Å². The van der Waals surface area contributed by atoms with E-state index in [4.69, 9.17) is 5.11 Å². The van der Waals surface area contributed by atoms with Gasteiger partial charge in [0.15, 0.2) is 0 Å². The van der Waals surface area contributed by atoms with Crippen molar-refractivity contribution in [3.63, 3.8) is 0 Å². The van der Waals surface area contributed by atoms with Gasteiger partial charge in [-0.15, -0.1) is 0 Å². The first-order valence-corrected chi connectivity index (χ1v) is 6.32. The Hall–Kier alpha value is -0.120.